The standard InChI is InChI=1S/C20H13BrFN3/c21-15-3-1-2-13(10-15)11-19-20-18(23-12-24-19)9-8-17(25-20)14-4-6-16(22)7-5-14/h1-10,12H,11H2. The summed E-state index contributed by atoms with van der Waals surface area (Å²) < 4.78 is 14.2. The van der Waals surface area contributed by atoms with Gasteiger partial charge in [-0.3, -0.25) is 0 Å². The van der Waals surface area contributed by atoms with Gasteiger partial charge in [-0.05, 0) is 54.1 Å². The minimum Gasteiger partial charge on any atom is -0.244 e. The first-order valence-electron chi connectivity index (χ1n) is 7.80. The van der Waals surface area contributed by atoms with E-state index in [0.29, 0.717) is 6.42 Å². The summed E-state index contributed by atoms with van der Waals surface area (Å²) in [5.41, 5.74) is 5.21. The first kappa shape index (κ1) is 15.8. The molecule has 0 radical (unpaired) electrons. The average molecular weight is 394 g/mol. The zero-order valence-corrected chi connectivity index (χ0v) is 14.7. The number of rotatable bonds is 3. The molecule has 2 heterocycles. The Morgan fingerprint density at radius 1 is 0.920 bits per heavy atom. The highest BCUT2D eigenvalue weighted by Crippen LogP contribution is 2.23. The van der Waals surface area contributed by atoms with Gasteiger partial charge in [0, 0.05) is 16.5 Å². The SMILES string of the molecule is Fc1ccc(-c2ccc3ncnc(Cc4cccc(Br)c4)c3n2)cc1. The first-order valence-corrected chi connectivity index (χ1v) is 8.59. The second kappa shape index (κ2) is 6.69. The van der Waals surface area contributed by atoms with Gasteiger partial charge in [-0.15, -0.1) is 0 Å². The maximum absolute atomic E-state index is 13.2. The summed E-state index contributed by atoms with van der Waals surface area (Å²) in [5.74, 6) is -0.261. The molecular weight excluding hydrogens is 381 g/mol. The van der Waals surface area contributed by atoms with Crippen LogP contribution in [0.5, 0.6) is 0 Å². The normalized spacial score (nSPS) is 11.0. The van der Waals surface area contributed by atoms with Crippen LogP contribution in [0.4, 0.5) is 4.39 Å². The summed E-state index contributed by atoms with van der Waals surface area (Å²) in [6, 6.07) is 18.3. The van der Waals surface area contributed by atoms with Crippen molar-refractivity contribution in [2.24, 2.45) is 0 Å². The van der Waals surface area contributed by atoms with Crippen molar-refractivity contribution >= 4 is 27.0 Å². The van der Waals surface area contributed by atoms with Crippen molar-refractivity contribution in [2.75, 3.05) is 0 Å². The maximum Gasteiger partial charge on any atom is 0.123 e. The van der Waals surface area contributed by atoms with E-state index < -0.39 is 0 Å². The Morgan fingerprint density at radius 2 is 1.76 bits per heavy atom. The van der Waals surface area contributed by atoms with Gasteiger partial charge in [0.1, 0.15) is 17.7 Å². The van der Waals surface area contributed by atoms with Crippen LogP contribution in [0.1, 0.15) is 11.3 Å². The van der Waals surface area contributed by atoms with Crippen LogP contribution in [0.2, 0.25) is 0 Å². The fourth-order valence-corrected chi connectivity index (χ4v) is 3.19. The molecule has 4 aromatic rings. The molecular formula is C20H13BrFN3. The van der Waals surface area contributed by atoms with Crippen LogP contribution < -0.4 is 0 Å². The van der Waals surface area contributed by atoms with Crippen molar-refractivity contribution < 1.29 is 4.39 Å². The molecule has 0 aliphatic carbocycles. The summed E-state index contributed by atoms with van der Waals surface area (Å²) in [4.78, 5) is 13.5. The number of pyridine rings is 1. The van der Waals surface area contributed by atoms with Crippen molar-refractivity contribution in [2.45, 2.75) is 6.42 Å². The van der Waals surface area contributed by atoms with Gasteiger partial charge in [0.25, 0.3) is 0 Å². The zero-order chi connectivity index (χ0) is 17.2. The topological polar surface area (TPSA) is 38.7 Å². The van der Waals surface area contributed by atoms with Crippen molar-refractivity contribution in [3.05, 3.63) is 88.5 Å². The van der Waals surface area contributed by atoms with Crippen LogP contribution >= 0.6 is 15.9 Å². The molecule has 0 aliphatic heterocycles. The molecule has 0 amide bonds. The molecule has 0 saturated carbocycles. The van der Waals surface area contributed by atoms with Gasteiger partial charge in [0.05, 0.1) is 16.9 Å². The van der Waals surface area contributed by atoms with Crippen molar-refractivity contribution in [1.82, 2.24) is 15.0 Å². The third-order valence-electron chi connectivity index (χ3n) is 3.96. The van der Waals surface area contributed by atoms with Gasteiger partial charge < -0.3 is 0 Å². The zero-order valence-electron chi connectivity index (χ0n) is 13.2. The van der Waals surface area contributed by atoms with Crippen LogP contribution in [-0.2, 0) is 6.42 Å². The predicted molar refractivity (Wildman–Crippen MR) is 99.7 cm³/mol. The molecule has 0 atom stereocenters. The highest BCUT2D eigenvalue weighted by atomic mass is 79.9. The van der Waals surface area contributed by atoms with Crippen LogP contribution in [0.15, 0.2) is 71.5 Å². The molecule has 0 spiro atoms. The number of benzene rings is 2. The number of halogens is 2. The summed E-state index contributed by atoms with van der Waals surface area (Å²) in [6.07, 6.45) is 2.23. The fraction of sp³-hybridized carbons (Fsp3) is 0.0500. The van der Waals surface area contributed by atoms with E-state index in [9.17, 15) is 4.39 Å². The van der Waals surface area contributed by atoms with E-state index in [1.165, 1.54) is 12.1 Å². The van der Waals surface area contributed by atoms with E-state index in [1.807, 2.05) is 24.3 Å². The Bertz CT molecular complexity index is 1050. The summed E-state index contributed by atoms with van der Waals surface area (Å²) in [6.45, 7) is 0. The Hall–Kier alpha value is -2.66. The van der Waals surface area contributed by atoms with Gasteiger partial charge in [-0.25, -0.2) is 19.3 Å². The molecule has 3 nitrogen and oxygen atoms in total. The summed E-state index contributed by atoms with van der Waals surface area (Å²) >= 11 is 3.49. The number of nitrogens with zero attached hydrogens (tertiary/aromatic N) is 3. The average Bonchev–Trinajstić information content (AvgIpc) is 2.62. The quantitative estimate of drug-likeness (QED) is 0.480. The molecule has 0 aliphatic rings. The van der Waals surface area contributed by atoms with Crippen LogP contribution in [0.25, 0.3) is 22.3 Å². The molecule has 25 heavy (non-hydrogen) atoms. The second-order valence-electron chi connectivity index (χ2n) is 5.70. The lowest BCUT2D eigenvalue weighted by Gasteiger charge is -2.07. The lowest BCUT2D eigenvalue weighted by atomic mass is 10.1. The first-order chi connectivity index (χ1) is 12.2. The molecule has 0 bridgehead atoms. The monoisotopic (exact) mass is 393 g/mol. The van der Waals surface area contributed by atoms with E-state index in [-0.39, 0.29) is 5.82 Å². The number of hydrogen-bond acceptors (Lipinski definition) is 3. The molecule has 122 valence electrons. The van der Waals surface area contributed by atoms with E-state index in [0.717, 1.165) is 38.0 Å². The van der Waals surface area contributed by atoms with Gasteiger partial charge in [-0.2, -0.15) is 0 Å². The molecule has 5 heteroatoms. The third kappa shape index (κ3) is 3.42. The Balaban J connectivity index is 1.79. The smallest absolute Gasteiger partial charge is 0.123 e. The van der Waals surface area contributed by atoms with Crippen molar-refractivity contribution in [3.63, 3.8) is 0 Å². The minimum atomic E-state index is -0.261. The fourth-order valence-electron chi connectivity index (χ4n) is 2.74. The van der Waals surface area contributed by atoms with E-state index in [4.69, 9.17) is 4.98 Å². The molecule has 2 aromatic heterocycles. The van der Waals surface area contributed by atoms with Gasteiger partial charge in [0.15, 0.2) is 0 Å². The van der Waals surface area contributed by atoms with E-state index in [1.54, 1.807) is 18.5 Å². The number of fused-ring (bicyclic) bond motifs is 1. The second-order valence-corrected chi connectivity index (χ2v) is 6.61. The molecule has 0 fully saturated rings. The van der Waals surface area contributed by atoms with Crippen LogP contribution in [0, 0.1) is 5.82 Å². The van der Waals surface area contributed by atoms with Crippen molar-refractivity contribution in [1.29, 1.82) is 0 Å². The lowest BCUT2D eigenvalue weighted by Crippen LogP contribution is -1.98. The van der Waals surface area contributed by atoms with Gasteiger partial charge >= 0.3 is 0 Å². The van der Waals surface area contributed by atoms with Gasteiger partial charge in [-0.1, -0.05) is 28.1 Å². The van der Waals surface area contributed by atoms with E-state index >= 15 is 0 Å². The Kier molecular flexibility index (Phi) is 4.24. The van der Waals surface area contributed by atoms with E-state index in [2.05, 4.69) is 38.0 Å². The maximum atomic E-state index is 13.2. The van der Waals surface area contributed by atoms with Crippen LogP contribution in [0.3, 0.4) is 0 Å². The number of aromatic nitrogens is 3. The highest BCUT2D eigenvalue weighted by Gasteiger charge is 2.09. The lowest BCUT2D eigenvalue weighted by molar-refractivity contribution is 0.628. The molecule has 2 aromatic carbocycles. The molecule has 0 unspecified atom stereocenters. The largest absolute Gasteiger partial charge is 0.244 e. The molecule has 0 N–H and O–H groups in total. The van der Waals surface area contributed by atoms with Crippen molar-refractivity contribution in [3.8, 4) is 11.3 Å². The van der Waals surface area contributed by atoms with Crippen LogP contribution in [-0.4, -0.2) is 15.0 Å². The molecule has 0 saturated heterocycles. The summed E-state index contributed by atoms with van der Waals surface area (Å²) in [5, 5.41) is 0. The summed E-state index contributed by atoms with van der Waals surface area (Å²) in [7, 11) is 0. The predicted octanol–water partition coefficient (Wildman–Crippen LogP) is 5.18. The highest BCUT2D eigenvalue weighted by molar-refractivity contribution is 9.10. The third-order valence-corrected chi connectivity index (χ3v) is 4.45. The van der Waals surface area contributed by atoms with Gasteiger partial charge in [0.2, 0.25) is 0 Å². The number of hydrogen-bond donors (Lipinski definition) is 0. The minimum absolute atomic E-state index is 0.261. The molecule has 4 rings (SSSR count). The Labute approximate surface area is 152 Å². The Morgan fingerprint density at radius 3 is 2.56 bits per heavy atom.